The molecule has 2 fully saturated rings. The van der Waals surface area contributed by atoms with E-state index < -0.39 is 29.8 Å². The fourth-order valence-electron chi connectivity index (χ4n) is 5.14. The van der Waals surface area contributed by atoms with Crippen molar-refractivity contribution in [1.82, 2.24) is 39.6 Å². The molecule has 0 unspecified atom stereocenters. The van der Waals surface area contributed by atoms with Crippen LogP contribution in [-0.2, 0) is 22.3 Å². The Morgan fingerprint density at radius 1 is 1.09 bits per heavy atom. The Balaban J connectivity index is 1.25. The molecular weight excluding hydrogens is 579 g/mol. The van der Waals surface area contributed by atoms with E-state index in [0.29, 0.717) is 11.6 Å². The molecule has 226 valence electrons. The van der Waals surface area contributed by atoms with Crippen LogP contribution in [0.15, 0.2) is 60.9 Å². The number of halogens is 3. The number of fused-ring (bicyclic) bond motifs is 3. The van der Waals surface area contributed by atoms with E-state index in [9.17, 15) is 22.8 Å². The van der Waals surface area contributed by atoms with E-state index in [-0.39, 0.29) is 54.6 Å². The Labute approximate surface area is 247 Å². The van der Waals surface area contributed by atoms with Crippen LogP contribution in [0.3, 0.4) is 0 Å². The molecule has 5 aromatic rings. The smallest absolute Gasteiger partial charge is 0.418 e. The van der Waals surface area contributed by atoms with Crippen LogP contribution in [0.5, 0.6) is 0 Å². The number of amides is 2. The second kappa shape index (κ2) is 10.8. The minimum Gasteiger partial charge on any atom is -0.445 e. The third-order valence-electron chi connectivity index (χ3n) is 7.56. The molecule has 0 radical (unpaired) electrons. The maximum Gasteiger partial charge on any atom is 0.418 e. The average Bonchev–Trinajstić information content (AvgIpc) is 3.62. The summed E-state index contributed by atoms with van der Waals surface area (Å²) in [5, 5.41) is 14.7. The van der Waals surface area contributed by atoms with Crippen molar-refractivity contribution < 1.29 is 27.5 Å². The molecule has 15 heteroatoms. The molecule has 3 aromatic heterocycles. The van der Waals surface area contributed by atoms with Gasteiger partial charge in [0.2, 0.25) is 11.9 Å². The number of hydrogen-bond donors (Lipinski definition) is 2. The normalized spacial score (nSPS) is 17.5. The zero-order valence-electron chi connectivity index (χ0n) is 23.2. The van der Waals surface area contributed by atoms with Gasteiger partial charge in [-0.05, 0) is 30.5 Å². The van der Waals surface area contributed by atoms with Gasteiger partial charge in [-0.15, -0.1) is 5.10 Å². The van der Waals surface area contributed by atoms with Crippen molar-refractivity contribution in [1.29, 1.82) is 0 Å². The van der Waals surface area contributed by atoms with Crippen molar-refractivity contribution in [3.05, 3.63) is 72.1 Å². The van der Waals surface area contributed by atoms with E-state index in [1.165, 1.54) is 21.5 Å². The molecule has 7 rings (SSSR count). The summed E-state index contributed by atoms with van der Waals surface area (Å²) < 4.78 is 50.8. The molecule has 2 N–H and O–H groups in total. The molecule has 2 amide bonds. The number of ether oxygens (including phenoxy) is 1. The van der Waals surface area contributed by atoms with Gasteiger partial charge in [-0.2, -0.15) is 22.8 Å². The Hall–Kier alpha value is -5.21. The first-order chi connectivity index (χ1) is 21.2. The minimum absolute atomic E-state index is 0.0434. The van der Waals surface area contributed by atoms with Crippen LogP contribution in [0.2, 0.25) is 0 Å². The van der Waals surface area contributed by atoms with Crippen LogP contribution in [0.1, 0.15) is 30.0 Å². The van der Waals surface area contributed by atoms with Gasteiger partial charge in [-0.25, -0.2) is 14.8 Å². The number of para-hydroxylation sites is 1. The quantitative estimate of drug-likeness (QED) is 0.297. The summed E-state index contributed by atoms with van der Waals surface area (Å²) >= 11 is 0. The van der Waals surface area contributed by atoms with Crippen molar-refractivity contribution in [3.8, 4) is 11.4 Å². The number of rotatable bonds is 6. The van der Waals surface area contributed by atoms with Crippen molar-refractivity contribution in [2.75, 3.05) is 25.0 Å². The van der Waals surface area contributed by atoms with Crippen LogP contribution in [-0.4, -0.2) is 71.9 Å². The number of anilines is 1. The molecule has 1 atom stereocenters. The molecule has 1 aliphatic carbocycles. The molecule has 0 bridgehead atoms. The molecule has 1 aliphatic heterocycles. The number of nitrogens with zero attached hydrogens (tertiary/aromatic N) is 7. The Morgan fingerprint density at radius 3 is 2.68 bits per heavy atom. The van der Waals surface area contributed by atoms with Gasteiger partial charge in [0, 0.05) is 24.7 Å². The summed E-state index contributed by atoms with van der Waals surface area (Å²) in [4.78, 5) is 36.3. The molecule has 1 saturated heterocycles. The first kappa shape index (κ1) is 27.6. The summed E-state index contributed by atoms with van der Waals surface area (Å²) in [5.74, 6) is -0.367. The molecule has 12 nitrogen and oxygen atoms in total. The lowest BCUT2D eigenvalue weighted by atomic mass is 10.1. The van der Waals surface area contributed by atoms with Crippen LogP contribution < -0.4 is 10.6 Å². The van der Waals surface area contributed by atoms with Gasteiger partial charge in [0.05, 0.1) is 35.4 Å². The summed E-state index contributed by atoms with van der Waals surface area (Å²) in [5.41, 5.74) is 0.198. The molecule has 0 spiro atoms. The number of nitrogens with one attached hydrogen (secondary N) is 2. The van der Waals surface area contributed by atoms with E-state index in [0.717, 1.165) is 24.5 Å². The van der Waals surface area contributed by atoms with Gasteiger partial charge in [0.15, 0.2) is 11.5 Å². The predicted octanol–water partition coefficient (Wildman–Crippen LogP) is 4.04. The Morgan fingerprint density at radius 2 is 1.91 bits per heavy atom. The highest BCUT2D eigenvalue weighted by atomic mass is 19.4. The van der Waals surface area contributed by atoms with Crippen LogP contribution in [0, 0.1) is 0 Å². The van der Waals surface area contributed by atoms with Gasteiger partial charge in [0.25, 0.3) is 0 Å². The number of alkyl halides is 3. The second-order valence-electron chi connectivity index (χ2n) is 10.7. The zero-order valence-corrected chi connectivity index (χ0v) is 23.2. The third kappa shape index (κ3) is 5.36. The Kier molecular flexibility index (Phi) is 6.78. The molecule has 44 heavy (non-hydrogen) atoms. The van der Waals surface area contributed by atoms with Gasteiger partial charge in [-0.3, -0.25) is 9.48 Å². The van der Waals surface area contributed by atoms with Crippen molar-refractivity contribution in [3.63, 3.8) is 0 Å². The topological polar surface area (TPSA) is 132 Å². The lowest BCUT2D eigenvalue weighted by Gasteiger charge is -2.23. The fraction of sp³-hybridized carbons (Fsp3) is 0.310. The van der Waals surface area contributed by atoms with E-state index in [2.05, 4.69) is 30.8 Å². The zero-order chi connectivity index (χ0) is 30.4. The highest BCUT2D eigenvalue weighted by Gasteiger charge is 2.35. The van der Waals surface area contributed by atoms with Crippen LogP contribution in [0.4, 0.5) is 23.9 Å². The summed E-state index contributed by atoms with van der Waals surface area (Å²) in [6, 6.07) is 12.1. The highest BCUT2D eigenvalue weighted by Crippen LogP contribution is 2.37. The number of hydrogen-bond acceptors (Lipinski definition) is 8. The molecular formula is C29H26F3N9O3. The SMILES string of the molecule is O=C1NCCN(C(=O)OCc2ccccc2)C[C@H]1Nc1nc2c(C(F)(F)F)cccc2c2nc(-c3cnn(C4CC4)c3)nn12. The van der Waals surface area contributed by atoms with E-state index in [1.807, 2.05) is 35.0 Å². The van der Waals surface area contributed by atoms with E-state index >= 15 is 0 Å². The average molecular weight is 606 g/mol. The van der Waals surface area contributed by atoms with Crippen LogP contribution >= 0.6 is 0 Å². The standard InChI is InChI=1S/C29H26F3N9O3/c30-29(31,32)21-8-4-7-20-23(21)36-27(41-25(20)37-24(38-41)18-13-34-40(14-18)19-9-10-19)35-22-15-39(12-11-33-26(22)42)28(43)44-16-17-5-2-1-3-6-17/h1-8,13-14,19,22H,9-12,15-16H2,(H,33,42)(H,35,36)/t22-/m1/s1. The largest absolute Gasteiger partial charge is 0.445 e. The molecule has 4 heterocycles. The van der Waals surface area contributed by atoms with Crippen LogP contribution in [0.25, 0.3) is 27.9 Å². The van der Waals surface area contributed by atoms with E-state index in [1.54, 1.807) is 12.4 Å². The number of aromatic nitrogens is 6. The van der Waals surface area contributed by atoms with Gasteiger partial charge < -0.3 is 20.3 Å². The lowest BCUT2D eigenvalue weighted by Crippen LogP contribution is -2.44. The number of carbonyl (C=O) groups is 2. The van der Waals surface area contributed by atoms with Gasteiger partial charge in [-0.1, -0.05) is 36.4 Å². The van der Waals surface area contributed by atoms with E-state index in [4.69, 9.17) is 4.74 Å². The minimum atomic E-state index is -4.70. The van der Waals surface area contributed by atoms with Crippen molar-refractivity contribution >= 4 is 34.5 Å². The maximum absolute atomic E-state index is 14.1. The first-order valence-electron chi connectivity index (χ1n) is 14.1. The maximum atomic E-state index is 14.1. The summed E-state index contributed by atoms with van der Waals surface area (Å²) in [7, 11) is 0. The molecule has 2 aromatic carbocycles. The fourth-order valence-corrected chi connectivity index (χ4v) is 5.14. The van der Waals surface area contributed by atoms with Gasteiger partial charge in [0.1, 0.15) is 12.6 Å². The summed E-state index contributed by atoms with van der Waals surface area (Å²) in [6.07, 6.45) is 0.104. The van der Waals surface area contributed by atoms with Gasteiger partial charge >= 0.3 is 12.3 Å². The number of carbonyl (C=O) groups excluding carboxylic acids is 2. The third-order valence-corrected chi connectivity index (χ3v) is 7.56. The highest BCUT2D eigenvalue weighted by molar-refractivity contribution is 5.95. The Bertz CT molecular complexity index is 1870. The first-order valence-corrected chi connectivity index (χ1v) is 14.1. The molecule has 2 aliphatic rings. The van der Waals surface area contributed by atoms with Crippen molar-refractivity contribution in [2.24, 2.45) is 0 Å². The van der Waals surface area contributed by atoms with Crippen molar-refractivity contribution in [2.45, 2.75) is 37.7 Å². The second-order valence-corrected chi connectivity index (χ2v) is 10.7. The predicted molar refractivity (Wildman–Crippen MR) is 151 cm³/mol. The summed E-state index contributed by atoms with van der Waals surface area (Å²) in [6.45, 7) is 0.253. The monoisotopic (exact) mass is 605 g/mol. The molecule has 1 saturated carbocycles. The lowest BCUT2D eigenvalue weighted by molar-refractivity contribution is -0.136. The number of benzene rings is 2.